The van der Waals surface area contributed by atoms with Gasteiger partial charge in [0.2, 0.25) is 0 Å². The monoisotopic (exact) mass is 349 g/mol. The molecule has 1 aromatic heterocycles. The molecule has 0 saturated carbocycles. The van der Waals surface area contributed by atoms with Gasteiger partial charge < -0.3 is 10.1 Å². The Hall–Kier alpha value is -2.44. The SMILES string of the molecule is CCOC(=O)c1cnn2c1N[C@@H](c1ccc(CC)cc1)C[C@H]2C(F)F. The quantitative estimate of drug-likeness (QED) is 0.830. The summed E-state index contributed by atoms with van der Waals surface area (Å²) in [5, 5.41) is 7.18. The minimum Gasteiger partial charge on any atom is -0.462 e. The molecule has 0 spiro atoms. The molecule has 1 aliphatic heterocycles. The summed E-state index contributed by atoms with van der Waals surface area (Å²) >= 11 is 0. The van der Waals surface area contributed by atoms with Gasteiger partial charge in [-0.25, -0.2) is 18.3 Å². The molecule has 0 bridgehead atoms. The molecule has 1 aromatic carbocycles. The van der Waals surface area contributed by atoms with Gasteiger partial charge in [0.15, 0.2) is 0 Å². The summed E-state index contributed by atoms with van der Waals surface area (Å²) in [5.74, 6) is -0.272. The van der Waals surface area contributed by atoms with Crippen LogP contribution in [0.5, 0.6) is 0 Å². The van der Waals surface area contributed by atoms with E-state index in [4.69, 9.17) is 4.74 Å². The Morgan fingerprint density at radius 1 is 1.36 bits per heavy atom. The Bertz CT molecular complexity index is 743. The first-order valence-corrected chi connectivity index (χ1v) is 8.43. The van der Waals surface area contributed by atoms with E-state index in [1.165, 1.54) is 16.4 Å². The zero-order chi connectivity index (χ0) is 18.0. The summed E-state index contributed by atoms with van der Waals surface area (Å²) in [6.45, 7) is 3.97. The van der Waals surface area contributed by atoms with Crippen molar-refractivity contribution in [3.05, 3.63) is 47.2 Å². The van der Waals surface area contributed by atoms with E-state index in [9.17, 15) is 13.6 Å². The van der Waals surface area contributed by atoms with Crippen LogP contribution in [0.3, 0.4) is 0 Å². The van der Waals surface area contributed by atoms with Gasteiger partial charge in [-0.05, 0) is 30.9 Å². The second-order valence-corrected chi connectivity index (χ2v) is 6.00. The molecule has 2 heterocycles. The van der Waals surface area contributed by atoms with Crippen molar-refractivity contribution in [1.82, 2.24) is 9.78 Å². The lowest BCUT2D eigenvalue weighted by atomic mass is 9.96. The second-order valence-electron chi connectivity index (χ2n) is 6.00. The van der Waals surface area contributed by atoms with Gasteiger partial charge in [-0.1, -0.05) is 31.2 Å². The lowest BCUT2D eigenvalue weighted by Gasteiger charge is -2.32. The minimum absolute atomic E-state index is 0.183. The number of carbonyl (C=O) groups excluding carboxylic acids is 1. The zero-order valence-corrected chi connectivity index (χ0v) is 14.2. The van der Waals surface area contributed by atoms with Crippen LogP contribution in [0.1, 0.15) is 53.8 Å². The Balaban J connectivity index is 1.95. The molecule has 134 valence electrons. The summed E-state index contributed by atoms with van der Waals surface area (Å²) in [6.07, 6.45) is -0.177. The van der Waals surface area contributed by atoms with Crippen LogP contribution in [0.2, 0.25) is 0 Å². The number of benzene rings is 1. The van der Waals surface area contributed by atoms with E-state index in [1.54, 1.807) is 6.92 Å². The van der Waals surface area contributed by atoms with Crippen molar-refractivity contribution in [1.29, 1.82) is 0 Å². The van der Waals surface area contributed by atoms with E-state index in [1.807, 2.05) is 24.3 Å². The van der Waals surface area contributed by atoms with Gasteiger partial charge in [0.1, 0.15) is 17.4 Å². The predicted octanol–water partition coefficient (Wildman–Crippen LogP) is 3.99. The fraction of sp³-hybridized carbons (Fsp3) is 0.444. The number of hydrogen-bond acceptors (Lipinski definition) is 4. The molecule has 25 heavy (non-hydrogen) atoms. The molecule has 3 rings (SSSR count). The Labute approximate surface area is 145 Å². The topological polar surface area (TPSA) is 56.1 Å². The lowest BCUT2D eigenvalue weighted by Crippen LogP contribution is -2.31. The third-order valence-electron chi connectivity index (χ3n) is 4.47. The number of rotatable bonds is 5. The predicted molar refractivity (Wildman–Crippen MR) is 90.0 cm³/mol. The van der Waals surface area contributed by atoms with Gasteiger partial charge in [-0.2, -0.15) is 5.10 Å². The average molecular weight is 349 g/mol. The van der Waals surface area contributed by atoms with E-state index >= 15 is 0 Å². The number of hydrogen-bond donors (Lipinski definition) is 1. The van der Waals surface area contributed by atoms with Crippen molar-refractivity contribution in [2.24, 2.45) is 0 Å². The lowest BCUT2D eigenvalue weighted by molar-refractivity contribution is 0.0521. The van der Waals surface area contributed by atoms with Gasteiger partial charge in [0.25, 0.3) is 6.43 Å². The highest BCUT2D eigenvalue weighted by atomic mass is 19.3. The van der Waals surface area contributed by atoms with Gasteiger partial charge in [-0.3, -0.25) is 0 Å². The highest BCUT2D eigenvalue weighted by Crippen LogP contribution is 2.39. The van der Waals surface area contributed by atoms with Crippen molar-refractivity contribution in [2.75, 3.05) is 11.9 Å². The van der Waals surface area contributed by atoms with Gasteiger partial charge in [0, 0.05) is 0 Å². The highest BCUT2D eigenvalue weighted by Gasteiger charge is 2.36. The molecule has 0 fully saturated rings. The maximum absolute atomic E-state index is 13.6. The first-order chi connectivity index (χ1) is 12.0. The smallest absolute Gasteiger partial charge is 0.343 e. The van der Waals surface area contributed by atoms with Gasteiger partial charge in [-0.15, -0.1) is 0 Å². The van der Waals surface area contributed by atoms with Crippen LogP contribution < -0.4 is 5.32 Å². The minimum atomic E-state index is -2.58. The molecule has 0 amide bonds. The highest BCUT2D eigenvalue weighted by molar-refractivity contribution is 5.94. The molecule has 7 heteroatoms. The van der Waals surface area contributed by atoms with E-state index in [2.05, 4.69) is 17.3 Å². The van der Waals surface area contributed by atoms with Crippen molar-refractivity contribution in [2.45, 2.75) is 45.2 Å². The summed E-state index contributed by atoms with van der Waals surface area (Å²) < 4.78 is 33.3. The van der Waals surface area contributed by atoms with Crippen LogP contribution in [0, 0.1) is 0 Å². The van der Waals surface area contributed by atoms with Crippen LogP contribution >= 0.6 is 0 Å². The fourth-order valence-corrected chi connectivity index (χ4v) is 3.10. The third-order valence-corrected chi connectivity index (χ3v) is 4.47. The van der Waals surface area contributed by atoms with Gasteiger partial charge in [0.05, 0.1) is 18.8 Å². The van der Waals surface area contributed by atoms with Gasteiger partial charge >= 0.3 is 5.97 Å². The number of ether oxygens (including phenoxy) is 1. The Morgan fingerprint density at radius 3 is 2.68 bits per heavy atom. The fourth-order valence-electron chi connectivity index (χ4n) is 3.10. The zero-order valence-electron chi connectivity index (χ0n) is 14.2. The number of nitrogens with zero attached hydrogens (tertiary/aromatic N) is 2. The molecule has 0 saturated heterocycles. The van der Waals surface area contributed by atoms with E-state index < -0.39 is 18.4 Å². The number of carbonyl (C=O) groups is 1. The first kappa shape index (κ1) is 17.4. The summed E-state index contributed by atoms with van der Waals surface area (Å²) in [5.41, 5.74) is 2.27. The number of esters is 1. The maximum Gasteiger partial charge on any atom is 0.343 e. The number of nitrogens with one attached hydrogen (secondary N) is 1. The van der Waals surface area contributed by atoms with Crippen LogP contribution in [0.4, 0.5) is 14.6 Å². The molecule has 2 atom stereocenters. The maximum atomic E-state index is 13.6. The number of anilines is 1. The molecule has 5 nitrogen and oxygen atoms in total. The van der Waals surface area contributed by atoms with Crippen molar-refractivity contribution < 1.29 is 18.3 Å². The second kappa shape index (κ2) is 7.21. The molecule has 0 radical (unpaired) electrons. The molecule has 2 aromatic rings. The summed E-state index contributed by atoms with van der Waals surface area (Å²) in [4.78, 5) is 12.1. The molecule has 1 aliphatic rings. The Kier molecular flexibility index (Phi) is 5.01. The molecule has 1 N–H and O–H groups in total. The van der Waals surface area contributed by atoms with Crippen LogP contribution in [0.25, 0.3) is 0 Å². The molecule has 0 unspecified atom stereocenters. The van der Waals surface area contributed by atoms with Crippen LogP contribution in [-0.2, 0) is 11.2 Å². The normalized spacial score (nSPS) is 19.4. The molecular weight excluding hydrogens is 328 g/mol. The summed E-state index contributed by atoms with van der Waals surface area (Å²) in [6, 6.07) is 6.46. The summed E-state index contributed by atoms with van der Waals surface area (Å²) in [7, 11) is 0. The number of alkyl halides is 2. The van der Waals surface area contributed by atoms with Crippen LogP contribution in [0.15, 0.2) is 30.5 Å². The number of aryl methyl sites for hydroxylation is 1. The Morgan fingerprint density at radius 2 is 2.08 bits per heavy atom. The molecule has 0 aliphatic carbocycles. The van der Waals surface area contributed by atoms with E-state index in [0.29, 0.717) is 5.82 Å². The van der Waals surface area contributed by atoms with Crippen molar-refractivity contribution >= 4 is 11.8 Å². The number of fused-ring (bicyclic) bond motifs is 1. The standard InChI is InChI=1S/C18H21F2N3O2/c1-3-11-5-7-12(8-6-11)14-9-15(16(19)20)23-17(22-14)13(10-21-23)18(24)25-4-2/h5-8,10,14-16,22H,3-4,9H2,1-2H3/t14-,15+/m1/s1. The number of halogens is 2. The van der Waals surface area contributed by atoms with E-state index in [0.717, 1.165) is 12.0 Å². The molecular formula is C18H21F2N3O2. The largest absolute Gasteiger partial charge is 0.462 e. The average Bonchev–Trinajstić information content (AvgIpc) is 3.05. The van der Waals surface area contributed by atoms with Crippen molar-refractivity contribution in [3.8, 4) is 0 Å². The van der Waals surface area contributed by atoms with E-state index in [-0.39, 0.29) is 24.6 Å². The van der Waals surface area contributed by atoms with Crippen LogP contribution in [-0.4, -0.2) is 28.8 Å². The third kappa shape index (κ3) is 3.36. The number of aromatic nitrogens is 2. The van der Waals surface area contributed by atoms with Crippen molar-refractivity contribution in [3.63, 3.8) is 0 Å². The first-order valence-electron chi connectivity index (χ1n) is 8.43.